The van der Waals surface area contributed by atoms with E-state index in [1.165, 1.54) is 0 Å². The van der Waals surface area contributed by atoms with Crippen LogP contribution in [0.5, 0.6) is 0 Å². The number of nitrogens with zero attached hydrogens (tertiary/aromatic N) is 3. The molecule has 0 atom stereocenters. The van der Waals surface area contributed by atoms with Crippen molar-refractivity contribution >= 4 is 17.5 Å². The molecule has 0 radical (unpaired) electrons. The molecule has 0 spiro atoms. The van der Waals surface area contributed by atoms with Crippen LogP contribution < -0.4 is 5.32 Å². The van der Waals surface area contributed by atoms with Gasteiger partial charge in [0.2, 0.25) is 11.8 Å². The first-order valence-electron chi connectivity index (χ1n) is 9.03. The first kappa shape index (κ1) is 18.2. The maximum atomic E-state index is 12.5. The van der Waals surface area contributed by atoms with Gasteiger partial charge in [-0.3, -0.25) is 9.59 Å². The van der Waals surface area contributed by atoms with Crippen molar-refractivity contribution in [3.8, 4) is 5.69 Å². The molecular formula is C20H26N4O2. The van der Waals surface area contributed by atoms with E-state index in [1.807, 2.05) is 60.7 Å². The minimum atomic E-state index is -0.369. The number of likely N-dealkylation sites (tertiary alicyclic amines) is 1. The highest BCUT2D eigenvalue weighted by atomic mass is 16.2. The fourth-order valence-electron chi connectivity index (χ4n) is 3.19. The number of rotatable bonds is 3. The zero-order chi connectivity index (χ0) is 18.7. The van der Waals surface area contributed by atoms with Crippen LogP contribution in [-0.4, -0.2) is 39.4 Å². The standard InChI is InChI=1S/C20H26N4O2/c1-20(2,3)19(26)23-11-8-15(9-12-23)18(25)22-16-4-6-17(7-5-16)24-13-10-21-14-24/h4-7,10,13-15H,8-9,11-12H2,1-3H3,(H,22,25). The van der Waals surface area contributed by atoms with Crippen molar-refractivity contribution < 1.29 is 9.59 Å². The van der Waals surface area contributed by atoms with E-state index in [4.69, 9.17) is 0 Å². The summed E-state index contributed by atoms with van der Waals surface area (Å²) in [7, 11) is 0. The van der Waals surface area contributed by atoms with Crippen molar-refractivity contribution in [1.29, 1.82) is 0 Å². The van der Waals surface area contributed by atoms with Crippen LogP contribution in [0.2, 0.25) is 0 Å². The Bertz CT molecular complexity index is 752. The molecule has 6 nitrogen and oxygen atoms in total. The van der Waals surface area contributed by atoms with Gasteiger partial charge < -0.3 is 14.8 Å². The molecule has 0 unspecified atom stereocenters. The van der Waals surface area contributed by atoms with Gasteiger partial charge in [-0.1, -0.05) is 20.8 Å². The molecule has 2 amide bonds. The molecule has 1 aromatic heterocycles. The van der Waals surface area contributed by atoms with Crippen LogP contribution in [0.1, 0.15) is 33.6 Å². The highest BCUT2D eigenvalue weighted by Crippen LogP contribution is 2.24. The number of carbonyl (C=O) groups excluding carboxylic acids is 2. The van der Waals surface area contributed by atoms with Gasteiger partial charge in [0.25, 0.3) is 0 Å². The molecular weight excluding hydrogens is 328 g/mol. The molecule has 1 aliphatic heterocycles. The van der Waals surface area contributed by atoms with Gasteiger partial charge in [0.1, 0.15) is 0 Å². The van der Waals surface area contributed by atoms with E-state index in [0.29, 0.717) is 25.9 Å². The third kappa shape index (κ3) is 4.12. The van der Waals surface area contributed by atoms with E-state index >= 15 is 0 Å². The minimum Gasteiger partial charge on any atom is -0.342 e. The minimum absolute atomic E-state index is 0.0308. The van der Waals surface area contributed by atoms with Crippen LogP contribution in [0, 0.1) is 11.3 Å². The number of hydrogen-bond acceptors (Lipinski definition) is 3. The predicted octanol–water partition coefficient (Wildman–Crippen LogP) is 3.10. The van der Waals surface area contributed by atoms with E-state index in [9.17, 15) is 9.59 Å². The second-order valence-electron chi connectivity index (χ2n) is 7.82. The Morgan fingerprint density at radius 3 is 2.31 bits per heavy atom. The monoisotopic (exact) mass is 354 g/mol. The maximum absolute atomic E-state index is 12.5. The van der Waals surface area contributed by atoms with Crippen molar-refractivity contribution in [1.82, 2.24) is 14.5 Å². The lowest BCUT2D eigenvalue weighted by Crippen LogP contribution is -2.45. The number of piperidine rings is 1. The van der Waals surface area contributed by atoms with Crippen molar-refractivity contribution in [2.24, 2.45) is 11.3 Å². The van der Waals surface area contributed by atoms with E-state index in [1.54, 1.807) is 12.5 Å². The van der Waals surface area contributed by atoms with E-state index in [-0.39, 0.29) is 23.1 Å². The number of carbonyl (C=O) groups is 2. The van der Waals surface area contributed by atoms with E-state index < -0.39 is 0 Å². The molecule has 26 heavy (non-hydrogen) atoms. The summed E-state index contributed by atoms with van der Waals surface area (Å²) in [5.74, 6) is 0.141. The number of amides is 2. The highest BCUT2D eigenvalue weighted by Gasteiger charge is 2.32. The average Bonchev–Trinajstić information content (AvgIpc) is 3.16. The van der Waals surface area contributed by atoms with Crippen LogP contribution in [-0.2, 0) is 9.59 Å². The number of aromatic nitrogens is 2. The van der Waals surface area contributed by atoms with Crippen LogP contribution in [0.15, 0.2) is 43.0 Å². The Hall–Kier alpha value is -2.63. The van der Waals surface area contributed by atoms with Gasteiger partial charge in [0.05, 0.1) is 6.33 Å². The van der Waals surface area contributed by atoms with Crippen LogP contribution in [0.3, 0.4) is 0 Å². The van der Waals surface area contributed by atoms with Crippen LogP contribution in [0.25, 0.3) is 5.69 Å². The normalized spacial score (nSPS) is 15.7. The Balaban J connectivity index is 1.54. The molecule has 1 aromatic carbocycles. The molecule has 0 aliphatic carbocycles. The second kappa shape index (κ2) is 7.32. The number of nitrogens with one attached hydrogen (secondary N) is 1. The van der Waals surface area contributed by atoms with Crippen molar-refractivity contribution in [2.75, 3.05) is 18.4 Å². The fourth-order valence-corrected chi connectivity index (χ4v) is 3.19. The van der Waals surface area contributed by atoms with Gasteiger partial charge in [-0.25, -0.2) is 4.98 Å². The molecule has 6 heteroatoms. The van der Waals surface area contributed by atoms with Crippen molar-refractivity contribution in [2.45, 2.75) is 33.6 Å². The number of hydrogen-bond donors (Lipinski definition) is 1. The lowest BCUT2D eigenvalue weighted by atomic mass is 9.90. The molecule has 3 rings (SSSR count). The maximum Gasteiger partial charge on any atom is 0.227 e. The highest BCUT2D eigenvalue weighted by molar-refractivity contribution is 5.93. The molecule has 1 N–H and O–H groups in total. The van der Waals surface area contributed by atoms with Crippen molar-refractivity contribution in [3.63, 3.8) is 0 Å². The van der Waals surface area contributed by atoms with Crippen LogP contribution in [0.4, 0.5) is 5.69 Å². The Morgan fingerprint density at radius 1 is 1.12 bits per heavy atom. The Morgan fingerprint density at radius 2 is 1.77 bits per heavy atom. The van der Waals surface area contributed by atoms with Gasteiger partial charge in [-0.05, 0) is 37.1 Å². The van der Waals surface area contributed by atoms with E-state index in [2.05, 4.69) is 10.3 Å². The quantitative estimate of drug-likeness (QED) is 0.921. The molecule has 1 aliphatic rings. The molecule has 1 saturated heterocycles. The summed E-state index contributed by atoms with van der Waals surface area (Å²) >= 11 is 0. The molecule has 0 bridgehead atoms. The third-order valence-electron chi connectivity index (χ3n) is 4.73. The van der Waals surface area contributed by atoms with Gasteiger partial charge in [0, 0.05) is 48.2 Å². The number of anilines is 1. The van der Waals surface area contributed by atoms with Crippen molar-refractivity contribution in [3.05, 3.63) is 43.0 Å². The predicted molar refractivity (Wildman–Crippen MR) is 101 cm³/mol. The summed E-state index contributed by atoms with van der Waals surface area (Å²) in [5, 5.41) is 2.99. The molecule has 2 aromatic rings. The summed E-state index contributed by atoms with van der Waals surface area (Å²) in [6, 6.07) is 7.68. The van der Waals surface area contributed by atoms with Gasteiger partial charge in [0.15, 0.2) is 0 Å². The Labute approximate surface area is 154 Å². The van der Waals surface area contributed by atoms with Gasteiger partial charge in [-0.2, -0.15) is 0 Å². The zero-order valence-electron chi connectivity index (χ0n) is 15.6. The molecule has 0 saturated carbocycles. The van der Waals surface area contributed by atoms with Gasteiger partial charge >= 0.3 is 0 Å². The largest absolute Gasteiger partial charge is 0.342 e. The summed E-state index contributed by atoms with van der Waals surface area (Å²) in [6.45, 7) is 7.09. The SMILES string of the molecule is CC(C)(C)C(=O)N1CCC(C(=O)Nc2ccc(-n3ccnc3)cc2)CC1. The first-order valence-corrected chi connectivity index (χ1v) is 9.03. The fraction of sp³-hybridized carbons (Fsp3) is 0.450. The lowest BCUT2D eigenvalue weighted by Gasteiger charge is -2.35. The average molecular weight is 354 g/mol. The topological polar surface area (TPSA) is 67.2 Å². The first-order chi connectivity index (χ1) is 12.3. The zero-order valence-corrected chi connectivity index (χ0v) is 15.6. The van der Waals surface area contributed by atoms with Gasteiger partial charge in [-0.15, -0.1) is 0 Å². The number of benzene rings is 1. The summed E-state index contributed by atoms with van der Waals surface area (Å²) < 4.78 is 1.91. The second-order valence-corrected chi connectivity index (χ2v) is 7.82. The smallest absolute Gasteiger partial charge is 0.227 e. The number of imidazole rings is 1. The molecule has 2 heterocycles. The summed E-state index contributed by atoms with van der Waals surface area (Å²) in [6.07, 6.45) is 6.76. The molecule has 138 valence electrons. The lowest BCUT2D eigenvalue weighted by molar-refractivity contribution is -0.142. The summed E-state index contributed by atoms with van der Waals surface area (Å²) in [5.41, 5.74) is 1.41. The molecule has 1 fully saturated rings. The van der Waals surface area contributed by atoms with E-state index in [0.717, 1.165) is 11.4 Å². The Kier molecular flexibility index (Phi) is 5.11. The summed E-state index contributed by atoms with van der Waals surface area (Å²) in [4.78, 5) is 30.8. The van der Waals surface area contributed by atoms with Crippen LogP contribution >= 0.6 is 0 Å². The third-order valence-corrected chi connectivity index (χ3v) is 4.73.